The maximum absolute atomic E-state index is 13.2. The Labute approximate surface area is 207 Å². The number of nitrogens with zero attached hydrogens (tertiary/aromatic N) is 3. The van der Waals surface area contributed by atoms with Crippen LogP contribution in [-0.4, -0.2) is 20.8 Å². The van der Waals surface area contributed by atoms with Crippen LogP contribution >= 0.6 is 23.2 Å². The van der Waals surface area contributed by atoms with Gasteiger partial charge in [0, 0.05) is 12.0 Å². The highest BCUT2D eigenvalue weighted by molar-refractivity contribution is 6.42. The molecule has 0 radical (unpaired) electrons. The van der Waals surface area contributed by atoms with Crippen molar-refractivity contribution in [3.05, 3.63) is 98.1 Å². The Kier molecular flexibility index (Phi) is 6.19. The predicted octanol–water partition coefficient (Wildman–Crippen LogP) is 6.37. The zero-order chi connectivity index (χ0) is 23.8. The number of anilines is 1. The molecule has 0 spiro atoms. The highest BCUT2D eigenvalue weighted by atomic mass is 35.5. The Morgan fingerprint density at radius 3 is 2.71 bits per heavy atom. The van der Waals surface area contributed by atoms with Gasteiger partial charge in [-0.05, 0) is 55.9 Å². The number of hydrogen-bond donors (Lipinski definition) is 1. The summed E-state index contributed by atoms with van der Waals surface area (Å²) in [6.45, 7) is 4.31. The highest BCUT2D eigenvalue weighted by Crippen LogP contribution is 2.35. The summed E-state index contributed by atoms with van der Waals surface area (Å²) in [5.41, 5.74) is 5.74. The van der Waals surface area contributed by atoms with Gasteiger partial charge in [-0.25, -0.2) is 0 Å². The van der Waals surface area contributed by atoms with Crippen LogP contribution in [0.25, 0.3) is 0 Å². The molecular formula is C26H24Cl2N4O2. The van der Waals surface area contributed by atoms with E-state index in [0.717, 1.165) is 47.5 Å². The molecule has 34 heavy (non-hydrogen) atoms. The molecule has 1 amide bonds. The number of nitrogens with one attached hydrogen (secondary N) is 1. The van der Waals surface area contributed by atoms with E-state index in [-0.39, 0.29) is 5.91 Å². The third-order valence-corrected chi connectivity index (χ3v) is 7.20. The number of fused-ring (bicyclic) bond motifs is 1. The summed E-state index contributed by atoms with van der Waals surface area (Å²) in [7, 11) is 0. The molecule has 4 aromatic rings. The molecule has 2 heterocycles. The molecule has 0 saturated heterocycles. The number of rotatable bonds is 5. The molecule has 174 valence electrons. The zero-order valence-electron chi connectivity index (χ0n) is 18.9. The fourth-order valence-corrected chi connectivity index (χ4v) is 4.93. The maximum atomic E-state index is 13.2. The molecule has 1 atom stereocenters. The van der Waals surface area contributed by atoms with E-state index < -0.39 is 0 Å². The second kappa shape index (κ2) is 9.28. The second-order valence-corrected chi connectivity index (χ2v) is 9.50. The van der Waals surface area contributed by atoms with Crippen LogP contribution in [0.4, 0.5) is 5.69 Å². The second-order valence-electron chi connectivity index (χ2n) is 8.69. The summed E-state index contributed by atoms with van der Waals surface area (Å²) in [6.07, 6.45) is 2.49. The molecule has 0 fully saturated rings. The van der Waals surface area contributed by atoms with Gasteiger partial charge in [-0.1, -0.05) is 64.8 Å². The Bertz CT molecular complexity index is 1360. The van der Waals surface area contributed by atoms with Crippen LogP contribution in [-0.2, 0) is 19.4 Å². The predicted molar refractivity (Wildman–Crippen MR) is 133 cm³/mol. The van der Waals surface area contributed by atoms with Crippen molar-refractivity contribution in [2.24, 2.45) is 0 Å². The number of aryl methyl sites for hydroxylation is 2. The van der Waals surface area contributed by atoms with Gasteiger partial charge in [0.2, 0.25) is 0 Å². The third kappa shape index (κ3) is 4.36. The van der Waals surface area contributed by atoms with Crippen LogP contribution in [0.2, 0.25) is 10.0 Å². The quantitative estimate of drug-likeness (QED) is 0.349. The minimum absolute atomic E-state index is 0.279. The van der Waals surface area contributed by atoms with Crippen molar-refractivity contribution >= 4 is 34.8 Å². The molecule has 1 aliphatic rings. The standard InChI is InChI=1S/C26H24Cl2N4O2/c1-15-24(16(2)32(30-15)14-17-8-10-21(27)22(28)12-17)29-26(33)25-20-13-19(9-11-23(20)34-31-25)18-6-4-3-5-7-18/h3-8,10,12,19H,9,11,13-14H2,1-2H3,(H,29,33). The van der Waals surface area contributed by atoms with Crippen molar-refractivity contribution in [3.8, 4) is 0 Å². The molecule has 2 aromatic heterocycles. The van der Waals surface area contributed by atoms with Crippen molar-refractivity contribution < 1.29 is 9.32 Å². The molecule has 0 aliphatic heterocycles. The number of benzene rings is 2. The van der Waals surface area contributed by atoms with E-state index in [2.05, 4.69) is 27.7 Å². The fraction of sp³-hybridized carbons (Fsp3) is 0.269. The third-order valence-electron chi connectivity index (χ3n) is 6.46. The summed E-state index contributed by atoms with van der Waals surface area (Å²) >= 11 is 12.2. The molecule has 8 heteroatoms. The molecule has 5 rings (SSSR count). The topological polar surface area (TPSA) is 73.0 Å². The van der Waals surface area contributed by atoms with Crippen LogP contribution in [0.3, 0.4) is 0 Å². The Morgan fingerprint density at radius 1 is 1.15 bits per heavy atom. The van der Waals surface area contributed by atoms with E-state index in [0.29, 0.717) is 33.9 Å². The number of carbonyl (C=O) groups excluding carboxylic acids is 1. The molecule has 6 nitrogen and oxygen atoms in total. The summed E-state index contributed by atoms with van der Waals surface area (Å²) in [5.74, 6) is 0.872. The number of amides is 1. The van der Waals surface area contributed by atoms with E-state index in [4.69, 9.17) is 27.7 Å². The molecule has 1 unspecified atom stereocenters. The largest absolute Gasteiger partial charge is 0.360 e. The van der Waals surface area contributed by atoms with Gasteiger partial charge in [0.15, 0.2) is 5.69 Å². The average Bonchev–Trinajstić information content (AvgIpc) is 3.38. The van der Waals surface area contributed by atoms with Gasteiger partial charge < -0.3 is 9.84 Å². The summed E-state index contributed by atoms with van der Waals surface area (Å²) in [4.78, 5) is 13.2. The van der Waals surface area contributed by atoms with Crippen LogP contribution in [0.1, 0.15) is 56.7 Å². The van der Waals surface area contributed by atoms with Gasteiger partial charge in [-0.3, -0.25) is 9.48 Å². The van der Waals surface area contributed by atoms with Gasteiger partial charge in [0.25, 0.3) is 5.91 Å². The fourth-order valence-electron chi connectivity index (χ4n) is 4.61. The molecule has 1 N–H and O–H groups in total. The molecule has 0 bridgehead atoms. The van der Waals surface area contributed by atoms with E-state index in [9.17, 15) is 4.79 Å². The summed E-state index contributed by atoms with van der Waals surface area (Å²) in [5, 5.41) is 12.8. The van der Waals surface area contributed by atoms with Crippen LogP contribution in [0, 0.1) is 13.8 Å². The van der Waals surface area contributed by atoms with Gasteiger partial charge in [0.05, 0.1) is 33.7 Å². The zero-order valence-corrected chi connectivity index (χ0v) is 20.5. The van der Waals surface area contributed by atoms with Crippen molar-refractivity contribution in [2.75, 3.05) is 5.32 Å². The van der Waals surface area contributed by atoms with Gasteiger partial charge in [-0.2, -0.15) is 5.10 Å². The number of aromatic nitrogens is 3. The lowest BCUT2D eigenvalue weighted by Crippen LogP contribution is -2.19. The molecular weight excluding hydrogens is 471 g/mol. The molecule has 1 aliphatic carbocycles. The van der Waals surface area contributed by atoms with Crippen LogP contribution in [0.5, 0.6) is 0 Å². The van der Waals surface area contributed by atoms with Crippen molar-refractivity contribution in [2.45, 2.75) is 45.6 Å². The number of halogens is 2. The van der Waals surface area contributed by atoms with Crippen molar-refractivity contribution in [3.63, 3.8) is 0 Å². The van der Waals surface area contributed by atoms with Crippen molar-refractivity contribution in [1.82, 2.24) is 14.9 Å². The molecule has 0 saturated carbocycles. The molecule has 2 aromatic carbocycles. The number of carbonyl (C=O) groups is 1. The summed E-state index contributed by atoms with van der Waals surface area (Å²) in [6, 6.07) is 15.9. The minimum atomic E-state index is -0.279. The van der Waals surface area contributed by atoms with Crippen molar-refractivity contribution in [1.29, 1.82) is 0 Å². The first-order chi connectivity index (χ1) is 16.4. The Morgan fingerprint density at radius 2 is 1.94 bits per heavy atom. The van der Waals surface area contributed by atoms with Gasteiger partial charge in [-0.15, -0.1) is 0 Å². The Hall–Kier alpha value is -3.09. The van der Waals surface area contributed by atoms with Gasteiger partial charge >= 0.3 is 0 Å². The van der Waals surface area contributed by atoms with E-state index in [1.807, 2.05) is 48.9 Å². The monoisotopic (exact) mass is 494 g/mol. The van der Waals surface area contributed by atoms with Gasteiger partial charge in [0.1, 0.15) is 5.76 Å². The lowest BCUT2D eigenvalue weighted by molar-refractivity contribution is 0.101. The lowest BCUT2D eigenvalue weighted by atomic mass is 9.82. The first kappa shape index (κ1) is 22.7. The van der Waals surface area contributed by atoms with E-state index in [1.54, 1.807) is 6.07 Å². The SMILES string of the molecule is Cc1nn(Cc2ccc(Cl)c(Cl)c2)c(C)c1NC(=O)c1noc2c1CC(c1ccccc1)CC2. The minimum Gasteiger partial charge on any atom is -0.360 e. The lowest BCUT2D eigenvalue weighted by Gasteiger charge is -2.21. The maximum Gasteiger partial charge on any atom is 0.278 e. The Balaban J connectivity index is 1.36. The highest BCUT2D eigenvalue weighted by Gasteiger charge is 2.30. The van der Waals surface area contributed by atoms with E-state index >= 15 is 0 Å². The van der Waals surface area contributed by atoms with Crippen LogP contribution in [0.15, 0.2) is 53.1 Å². The number of hydrogen-bond acceptors (Lipinski definition) is 4. The first-order valence-corrected chi connectivity index (χ1v) is 12.0. The first-order valence-electron chi connectivity index (χ1n) is 11.2. The normalized spacial score (nSPS) is 15.2. The average molecular weight is 495 g/mol. The summed E-state index contributed by atoms with van der Waals surface area (Å²) < 4.78 is 7.38. The smallest absolute Gasteiger partial charge is 0.278 e. The van der Waals surface area contributed by atoms with E-state index in [1.165, 1.54) is 5.56 Å². The van der Waals surface area contributed by atoms with Crippen LogP contribution < -0.4 is 5.32 Å².